The number of aliphatic carboxylic acids is 1. The van der Waals surface area contributed by atoms with Crippen LogP contribution in [0, 0.1) is 5.92 Å². The predicted octanol–water partition coefficient (Wildman–Crippen LogP) is 3.88. The normalized spacial score (nSPS) is 11.6. The van der Waals surface area contributed by atoms with Gasteiger partial charge in [0, 0.05) is 12.1 Å². The highest BCUT2D eigenvalue weighted by molar-refractivity contribution is 7.12. The van der Waals surface area contributed by atoms with Gasteiger partial charge in [0.15, 0.2) is 0 Å². The van der Waals surface area contributed by atoms with E-state index in [0.717, 1.165) is 0 Å². The van der Waals surface area contributed by atoms with Gasteiger partial charge in [-0.2, -0.15) is 0 Å². The van der Waals surface area contributed by atoms with Crippen LogP contribution in [0.1, 0.15) is 39.8 Å². The van der Waals surface area contributed by atoms with Crippen molar-refractivity contribution in [2.75, 3.05) is 11.9 Å². The number of carboxylic acids is 1. The van der Waals surface area contributed by atoms with Crippen molar-refractivity contribution in [2.45, 2.75) is 19.8 Å². The lowest BCUT2D eigenvalue weighted by Gasteiger charge is -2.13. The largest absolute Gasteiger partial charge is 0.481 e. The zero-order valence-corrected chi connectivity index (χ0v) is 15.7. The molecule has 0 bridgehead atoms. The van der Waals surface area contributed by atoms with Gasteiger partial charge >= 0.3 is 5.97 Å². The zero-order chi connectivity index (χ0) is 19.1. The minimum Gasteiger partial charge on any atom is -0.481 e. The van der Waals surface area contributed by atoms with Crippen molar-refractivity contribution in [3.8, 4) is 0 Å². The minimum atomic E-state index is -0.938. The lowest BCUT2D eigenvalue weighted by atomic mass is 10.0. The topological polar surface area (TPSA) is 95.5 Å². The third-order valence-corrected chi connectivity index (χ3v) is 4.92. The highest BCUT2D eigenvalue weighted by Crippen LogP contribution is 2.24. The summed E-state index contributed by atoms with van der Waals surface area (Å²) in [5, 5.41) is 16.5. The number of hydrogen-bond acceptors (Lipinski definition) is 4. The fourth-order valence-corrected chi connectivity index (χ4v) is 3.12. The first-order chi connectivity index (χ1) is 12.4. The van der Waals surface area contributed by atoms with Crippen molar-refractivity contribution in [3.05, 3.63) is 51.2 Å². The molecule has 1 unspecified atom stereocenters. The summed E-state index contributed by atoms with van der Waals surface area (Å²) in [4.78, 5) is 36.1. The van der Waals surface area contributed by atoms with Crippen LogP contribution in [0.3, 0.4) is 0 Å². The van der Waals surface area contributed by atoms with Gasteiger partial charge in [0.1, 0.15) is 0 Å². The van der Waals surface area contributed by atoms with E-state index in [1.807, 2.05) is 6.92 Å². The molecule has 0 saturated heterocycles. The van der Waals surface area contributed by atoms with E-state index >= 15 is 0 Å². The van der Waals surface area contributed by atoms with Gasteiger partial charge in [-0.05, 0) is 36.1 Å². The number of nitrogens with one attached hydrogen (secondary N) is 2. The number of benzene rings is 1. The second-order valence-electron chi connectivity index (χ2n) is 5.66. The van der Waals surface area contributed by atoms with Gasteiger partial charge in [0.05, 0.1) is 21.5 Å². The number of thiophene rings is 1. The first-order valence-electron chi connectivity index (χ1n) is 8.07. The molecule has 26 heavy (non-hydrogen) atoms. The molecule has 0 aliphatic heterocycles. The van der Waals surface area contributed by atoms with Gasteiger partial charge in [-0.3, -0.25) is 14.4 Å². The number of carbonyl (C=O) groups is 3. The molecule has 0 spiro atoms. The van der Waals surface area contributed by atoms with Crippen molar-refractivity contribution in [2.24, 2.45) is 5.92 Å². The summed E-state index contributed by atoms with van der Waals surface area (Å²) < 4.78 is 0. The third kappa shape index (κ3) is 5.31. The van der Waals surface area contributed by atoms with E-state index in [-0.39, 0.29) is 18.0 Å². The molecule has 138 valence electrons. The molecule has 6 nitrogen and oxygen atoms in total. The van der Waals surface area contributed by atoms with E-state index < -0.39 is 17.8 Å². The predicted molar refractivity (Wildman–Crippen MR) is 102 cm³/mol. The number of rotatable bonds is 8. The third-order valence-electron chi connectivity index (χ3n) is 3.72. The summed E-state index contributed by atoms with van der Waals surface area (Å²) in [5.74, 6) is -2.30. The molecule has 0 radical (unpaired) electrons. The number of anilines is 1. The molecule has 2 rings (SSSR count). The molecule has 2 amide bonds. The lowest BCUT2D eigenvalue weighted by molar-refractivity contribution is -0.141. The molecule has 8 heteroatoms. The molecule has 1 aromatic carbocycles. The first kappa shape index (κ1) is 19.9. The van der Waals surface area contributed by atoms with Crippen LogP contribution < -0.4 is 10.6 Å². The Balaban J connectivity index is 2.06. The van der Waals surface area contributed by atoms with Gasteiger partial charge in [-0.15, -0.1) is 11.3 Å². The highest BCUT2D eigenvalue weighted by atomic mass is 35.5. The monoisotopic (exact) mass is 394 g/mol. The average Bonchev–Trinajstić information content (AvgIpc) is 3.14. The summed E-state index contributed by atoms with van der Waals surface area (Å²) in [6.07, 6.45) is 1.20. The molecule has 1 aromatic heterocycles. The first-order valence-corrected chi connectivity index (χ1v) is 9.33. The number of carbonyl (C=O) groups excluding carboxylic acids is 2. The second-order valence-corrected chi connectivity index (χ2v) is 7.01. The van der Waals surface area contributed by atoms with Crippen LogP contribution in [0.4, 0.5) is 5.69 Å². The molecule has 0 aliphatic rings. The van der Waals surface area contributed by atoms with Gasteiger partial charge in [-0.1, -0.05) is 31.0 Å². The van der Waals surface area contributed by atoms with Crippen LogP contribution >= 0.6 is 22.9 Å². The SMILES string of the molecule is CCCC(CNC(=O)c1ccc(Cl)c(NC(=O)c2cccs2)c1)C(=O)O. The molecular formula is C18H19ClN2O4S. The van der Waals surface area contributed by atoms with Crippen LogP contribution in [0.2, 0.25) is 5.02 Å². The minimum absolute atomic E-state index is 0.0432. The van der Waals surface area contributed by atoms with Crippen molar-refractivity contribution >= 4 is 46.4 Å². The molecule has 1 heterocycles. The van der Waals surface area contributed by atoms with E-state index in [9.17, 15) is 14.4 Å². The van der Waals surface area contributed by atoms with Crippen molar-refractivity contribution < 1.29 is 19.5 Å². The quantitative estimate of drug-likeness (QED) is 0.633. The van der Waals surface area contributed by atoms with E-state index in [2.05, 4.69) is 10.6 Å². The van der Waals surface area contributed by atoms with E-state index in [1.54, 1.807) is 17.5 Å². The zero-order valence-electron chi connectivity index (χ0n) is 14.1. The Kier molecular flexibility index (Phi) is 7.17. The Hall–Kier alpha value is -2.38. The number of amides is 2. The van der Waals surface area contributed by atoms with Gasteiger partial charge in [0.25, 0.3) is 11.8 Å². The van der Waals surface area contributed by atoms with Crippen molar-refractivity contribution in [1.29, 1.82) is 0 Å². The van der Waals surface area contributed by atoms with Gasteiger partial charge < -0.3 is 15.7 Å². The molecule has 0 fully saturated rings. The summed E-state index contributed by atoms with van der Waals surface area (Å²) in [6, 6.07) is 7.96. The number of carboxylic acid groups (broad SMARTS) is 1. The van der Waals surface area contributed by atoms with Crippen LogP contribution in [-0.4, -0.2) is 29.4 Å². The lowest BCUT2D eigenvalue weighted by Crippen LogP contribution is -2.33. The van der Waals surface area contributed by atoms with Gasteiger partial charge in [0.2, 0.25) is 0 Å². The van der Waals surface area contributed by atoms with Crippen LogP contribution in [0.25, 0.3) is 0 Å². The van der Waals surface area contributed by atoms with Crippen LogP contribution in [0.5, 0.6) is 0 Å². The van der Waals surface area contributed by atoms with E-state index in [1.165, 1.54) is 29.5 Å². The molecule has 2 aromatic rings. The van der Waals surface area contributed by atoms with Gasteiger partial charge in [-0.25, -0.2) is 0 Å². The maximum absolute atomic E-state index is 12.3. The average molecular weight is 395 g/mol. The van der Waals surface area contributed by atoms with Crippen molar-refractivity contribution in [3.63, 3.8) is 0 Å². The summed E-state index contributed by atoms with van der Waals surface area (Å²) >= 11 is 7.39. The Morgan fingerprint density at radius 3 is 2.62 bits per heavy atom. The number of halogens is 1. The maximum Gasteiger partial charge on any atom is 0.308 e. The summed E-state index contributed by atoms with van der Waals surface area (Å²) in [5.41, 5.74) is 0.609. The van der Waals surface area contributed by atoms with E-state index in [0.29, 0.717) is 28.4 Å². The Morgan fingerprint density at radius 2 is 2.00 bits per heavy atom. The smallest absolute Gasteiger partial charge is 0.308 e. The molecule has 0 aliphatic carbocycles. The Morgan fingerprint density at radius 1 is 1.23 bits per heavy atom. The number of hydrogen-bond donors (Lipinski definition) is 3. The highest BCUT2D eigenvalue weighted by Gasteiger charge is 2.18. The summed E-state index contributed by atoms with van der Waals surface area (Å²) in [6.45, 7) is 1.93. The van der Waals surface area contributed by atoms with Crippen LogP contribution in [-0.2, 0) is 4.79 Å². The fourth-order valence-electron chi connectivity index (χ4n) is 2.33. The standard InChI is InChI=1S/C18H19ClN2O4S/c1-2-4-12(18(24)25)10-20-16(22)11-6-7-13(19)14(9-11)21-17(23)15-5-3-8-26-15/h3,5-9,12H,2,4,10H2,1H3,(H,20,22)(H,21,23)(H,24,25). The molecular weight excluding hydrogens is 376 g/mol. The Labute approximate surface area is 160 Å². The fraction of sp³-hybridized carbons (Fsp3) is 0.278. The second kappa shape index (κ2) is 9.35. The Bertz CT molecular complexity index is 792. The van der Waals surface area contributed by atoms with Crippen LogP contribution in [0.15, 0.2) is 35.7 Å². The molecule has 0 saturated carbocycles. The van der Waals surface area contributed by atoms with E-state index in [4.69, 9.17) is 16.7 Å². The maximum atomic E-state index is 12.3. The molecule has 1 atom stereocenters. The molecule has 3 N–H and O–H groups in total. The van der Waals surface area contributed by atoms with Crippen molar-refractivity contribution in [1.82, 2.24) is 5.32 Å². The summed E-state index contributed by atoms with van der Waals surface area (Å²) in [7, 11) is 0.